The third-order valence-electron chi connectivity index (χ3n) is 4.92. The molecule has 2 fully saturated rings. The van der Waals surface area contributed by atoms with Gasteiger partial charge in [0, 0.05) is 38.6 Å². The van der Waals surface area contributed by atoms with Crippen molar-refractivity contribution in [3.63, 3.8) is 0 Å². The SMILES string of the molecule is O=C(CNC(=O)N1CCN(Cc2ccccc2)CC1)Nc1nnc(C2CC2)s1. The summed E-state index contributed by atoms with van der Waals surface area (Å²) >= 11 is 1.41. The van der Waals surface area contributed by atoms with Crippen LogP contribution in [0.2, 0.25) is 0 Å². The van der Waals surface area contributed by atoms with Gasteiger partial charge in [0.25, 0.3) is 0 Å². The summed E-state index contributed by atoms with van der Waals surface area (Å²) in [5.74, 6) is 0.234. The van der Waals surface area contributed by atoms with Crippen LogP contribution in [-0.4, -0.2) is 64.7 Å². The summed E-state index contributed by atoms with van der Waals surface area (Å²) in [7, 11) is 0. The van der Waals surface area contributed by atoms with Crippen LogP contribution in [0, 0.1) is 0 Å². The van der Waals surface area contributed by atoms with E-state index in [1.54, 1.807) is 4.90 Å². The number of aromatic nitrogens is 2. The van der Waals surface area contributed by atoms with E-state index in [1.807, 2.05) is 18.2 Å². The molecule has 0 atom stereocenters. The number of nitrogens with one attached hydrogen (secondary N) is 2. The van der Waals surface area contributed by atoms with Gasteiger partial charge in [-0.15, -0.1) is 10.2 Å². The molecule has 1 saturated heterocycles. The van der Waals surface area contributed by atoms with E-state index < -0.39 is 0 Å². The molecule has 0 spiro atoms. The molecule has 0 radical (unpaired) electrons. The number of carbonyl (C=O) groups is 2. The molecule has 2 heterocycles. The third kappa shape index (κ3) is 5.05. The summed E-state index contributed by atoms with van der Waals surface area (Å²) < 4.78 is 0. The zero-order valence-electron chi connectivity index (χ0n) is 15.6. The molecule has 28 heavy (non-hydrogen) atoms. The minimum absolute atomic E-state index is 0.0681. The minimum atomic E-state index is -0.283. The Morgan fingerprint density at radius 2 is 1.82 bits per heavy atom. The Labute approximate surface area is 167 Å². The van der Waals surface area contributed by atoms with Gasteiger partial charge in [-0.25, -0.2) is 4.79 Å². The molecule has 2 N–H and O–H groups in total. The number of amides is 3. The van der Waals surface area contributed by atoms with Crippen LogP contribution in [0.3, 0.4) is 0 Å². The Balaban J connectivity index is 1.16. The number of benzene rings is 1. The van der Waals surface area contributed by atoms with Crippen molar-refractivity contribution in [2.24, 2.45) is 0 Å². The largest absolute Gasteiger partial charge is 0.329 e. The molecular formula is C19H24N6O2S. The number of piperazine rings is 1. The summed E-state index contributed by atoms with van der Waals surface area (Å²) in [5, 5.41) is 14.9. The topological polar surface area (TPSA) is 90.5 Å². The first-order valence-corrected chi connectivity index (χ1v) is 10.4. The number of anilines is 1. The molecule has 0 unspecified atom stereocenters. The Morgan fingerprint density at radius 3 is 2.54 bits per heavy atom. The van der Waals surface area contributed by atoms with Gasteiger partial charge in [0.2, 0.25) is 11.0 Å². The van der Waals surface area contributed by atoms with E-state index >= 15 is 0 Å². The van der Waals surface area contributed by atoms with Crippen molar-refractivity contribution >= 4 is 28.4 Å². The van der Waals surface area contributed by atoms with Gasteiger partial charge in [-0.2, -0.15) is 0 Å². The highest BCUT2D eigenvalue weighted by Crippen LogP contribution is 2.41. The van der Waals surface area contributed by atoms with Gasteiger partial charge in [-0.3, -0.25) is 15.0 Å². The highest BCUT2D eigenvalue weighted by molar-refractivity contribution is 7.15. The lowest BCUT2D eigenvalue weighted by Gasteiger charge is -2.34. The molecule has 1 saturated carbocycles. The zero-order valence-corrected chi connectivity index (χ0v) is 16.5. The molecule has 0 bridgehead atoms. The fourth-order valence-corrected chi connectivity index (χ4v) is 4.09. The first-order chi connectivity index (χ1) is 13.7. The van der Waals surface area contributed by atoms with E-state index in [2.05, 4.69) is 37.9 Å². The average molecular weight is 401 g/mol. The van der Waals surface area contributed by atoms with Crippen LogP contribution in [0.25, 0.3) is 0 Å². The molecule has 9 heteroatoms. The molecule has 8 nitrogen and oxygen atoms in total. The molecular weight excluding hydrogens is 376 g/mol. The Hall–Kier alpha value is -2.52. The maximum absolute atomic E-state index is 12.3. The van der Waals surface area contributed by atoms with Crippen molar-refractivity contribution < 1.29 is 9.59 Å². The molecule has 1 aliphatic heterocycles. The molecule has 1 aromatic heterocycles. The van der Waals surface area contributed by atoms with Crippen molar-refractivity contribution in [3.8, 4) is 0 Å². The van der Waals surface area contributed by atoms with Crippen LogP contribution in [0.4, 0.5) is 9.93 Å². The van der Waals surface area contributed by atoms with Crippen LogP contribution in [0.1, 0.15) is 29.3 Å². The van der Waals surface area contributed by atoms with Gasteiger partial charge in [-0.05, 0) is 18.4 Å². The third-order valence-corrected chi connectivity index (χ3v) is 5.92. The van der Waals surface area contributed by atoms with Crippen molar-refractivity contribution in [2.75, 3.05) is 38.0 Å². The van der Waals surface area contributed by atoms with E-state index in [9.17, 15) is 9.59 Å². The van der Waals surface area contributed by atoms with Gasteiger partial charge in [-0.1, -0.05) is 41.7 Å². The molecule has 1 aliphatic carbocycles. The van der Waals surface area contributed by atoms with E-state index in [1.165, 1.54) is 16.9 Å². The van der Waals surface area contributed by atoms with E-state index in [4.69, 9.17) is 0 Å². The molecule has 4 rings (SSSR count). The summed E-state index contributed by atoms with van der Waals surface area (Å²) in [6, 6.07) is 10.1. The minimum Gasteiger partial charge on any atom is -0.329 e. The highest BCUT2D eigenvalue weighted by Gasteiger charge is 2.28. The summed E-state index contributed by atoms with van der Waals surface area (Å²) in [4.78, 5) is 28.4. The fraction of sp³-hybridized carbons (Fsp3) is 0.474. The quantitative estimate of drug-likeness (QED) is 0.773. The Bertz CT molecular complexity index is 815. The van der Waals surface area contributed by atoms with Crippen LogP contribution >= 0.6 is 11.3 Å². The molecule has 3 amide bonds. The molecule has 1 aromatic carbocycles. The number of hydrogen-bond acceptors (Lipinski definition) is 6. The summed E-state index contributed by atoms with van der Waals surface area (Å²) in [6.45, 7) is 3.78. The van der Waals surface area contributed by atoms with Gasteiger partial charge in [0.15, 0.2) is 0 Å². The van der Waals surface area contributed by atoms with Crippen LogP contribution in [-0.2, 0) is 11.3 Å². The van der Waals surface area contributed by atoms with E-state index in [0.29, 0.717) is 24.1 Å². The first kappa shape index (κ1) is 18.8. The second-order valence-corrected chi connectivity index (χ2v) is 8.18. The van der Waals surface area contributed by atoms with Crippen molar-refractivity contribution in [3.05, 3.63) is 40.9 Å². The second kappa shape index (κ2) is 8.66. The van der Waals surface area contributed by atoms with E-state index in [-0.39, 0.29) is 18.5 Å². The normalized spacial score (nSPS) is 17.4. The Kier molecular flexibility index (Phi) is 5.82. The first-order valence-electron chi connectivity index (χ1n) is 9.59. The number of rotatable bonds is 6. The maximum Gasteiger partial charge on any atom is 0.317 e. The highest BCUT2D eigenvalue weighted by atomic mass is 32.1. The lowest BCUT2D eigenvalue weighted by Crippen LogP contribution is -2.52. The standard InChI is InChI=1S/C19H24N6O2S/c26-16(21-18-23-22-17(28-18)15-6-7-15)12-20-19(27)25-10-8-24(9-11-25)13-14-4-2-1-3-5-14/h1-5,15H,6-13H2,(H,20,27)(H,21,23,26). The maximum atomic E-state index is 12.3. The van der Waals surface area contributed by atoms with Gasteiger partial charge < -0.3 is 10.2 Å². The molecule has 148 valence electrons. The van der Waals surface area contributed by atoms with Gasteiger partial charge in [0.1, 0.15) is 5.01 Å². The second-order valence-electron chi connectivity index (χ2n) is 7.18. The number of carbonyl (C=O) groups excluding carboxylic acids is 2. The average Bonchev–Trinajstić information content (AvgIpc) is 3.47. The van der Waals surface area contributed by atoms with Gasteiger partial charge in [0.05, 0.1) is 6.54 Å². The van der Waals surface area contributed by atoms with Crippen molar-refractivity contribution in [1.82, 2.24) is 25.3 Å². The monoisotopic (exact) mass is 400 g/mol. The number of nitrogens with zero attached hydrogens (tertiary/aromatic N) is 4. The Morgan fingerprint density at radius 1 is 1.07 bits per heavy atom. The van der Waals surface area contributed by atoms with Crippen LogP contribution in [0.15, 0.2) is 30.3 Å². The molecule has 2 aliphatic rings. The predicted octanol–water partition coefficient (Wildman–Crippen LogP) is 1.88. The van der Waals surface area contributed by atoms with E-state index in [0.717, 1.165) is 37.5 Å². The fourth-order valence-electron chi connectivity index (χ4n) is 3.16. The summed E-state index contributed by atoms with van der Waals surface area (Å²) in [6.07, 6.45) is 2.30. The number of hydrogen-bond donors (Lipinski definition) is 2. The zero-order chi connectivity index (χ0) is 19.3. The lowest BCUT2D eigenvalue weighted by atomic mass is 10.2. The molecule has 2 aromatic rings. The van der Waals surface area contributed by atoms with Crippen molar-refractivity contribution in [1.29, 1.82) is 0 Å². The van der Waals surface area contributed by atoms with Crippen LogP contribution < -0.4 is 10.6 Å². The predicted molar refractivity (Wildman–Crippen MR) is 107 cm³/mol. The van der Waals surface area contributed by atoms with Crippen molar-refractivity contribution in [2.45, 2.75) is 25.3 Å². The smallest absolute Gasteiger partial charge is 0.317 e. The lowest BCUT2D eigenvalue weighted by molar-refractivity contribution is -0.115. The van der Waals surface area contributed by atoms with Crippen LogP contribution in [0.5, 0.6) is 0 Å². The van der Waals surface area contributed by atoms with Gasteiger partial charge >= 0.3 is 6.03 Å². The number of urea groups is 1. The summed E-state index contributed by atoms with van der Waals surface area (Å²) in [5.41, 5.74) is 1.28.